The van der Waals surface area contributed by atoms with Gasteiger partial charge >= 0.3 is 6.18 Å². The van der Waals surface area contributed by atoms with E-state index in [0.29, 0.717) is 58.0 Å². The Morgan fingerprint density at radius 3 is 2.18 bits per heavy atom. The highest BCUT2D eigenvalue weighted by Gasteiger charge is 2.30. The summed E-state index contributed by atoms with van der Waals surface area (Å²) in [5.74, 6) is 0.102. The van der Waals surface area contributed by atoms with Gasteiger partial charge in [0.25, 0.3) is 0 Å². The molecular formula is C19H26F3N3O3. The molecule has 1 aromatic rings. The van der Waals surface area contributed by atoms with Crippen LogP contribution in [-0.2, 0) is 15.7 Å². The van der Waals surface area contributed by atoms with Crippen molar-refractivity contribution in [3.8, 4) is 0 Å². The van der Waals surface area contributed by atoms with Gasteiger partial charge in [0.2, 0.25) is 5.91 Å². The van der Waals surface area contributed by atoms with Gasteiger partial charge in [0.15, 0.2) is 0 Å². The van der Waals surface area contributed by atoms with E-state index in [1.807, 2.05) is 9.80 Å². The zero-order valence-corrected chi connectivity index (χ0v) is 15.7. The number of piperazine rings is 1. The van der Waals surface area contributed by atoms with Gasteiger partial charge in [-0.25, -0.2) is 0 Å². The number of halogens is 3. The van der Waals surface area contributed by atoms with Crippen molar-refractivity contribution in [2.75, 3.05) is 65.6 Å². The largest absolute Gasteiger partial charge is 0.416 e. The number of amides is 1. The second kappa shape index (κ2) is 9.21. The van der Waals surface area contributed by atoms with Gasteiger partial charge in [-0.1, -0.05) is 12.1 Å². The lowest BCUT2D eigenvalue weighted by molar-refractivity contribution is -0.138. The number of aliphatic hydroxyl groups is 1. The number of carbonyl (C=O) groups is 1. The number of carbonyl (C=O) groups excluding carboxylic acids is 1. The van der Waals surface area contributed by atoms with Crippen molar-refractivity contribution in [3.63, 3.8) is 0 Å². The van der Waals surface area contributed by atoms with Crippen LogP contribution < -0.4 is 0 Å². The highest BCUT2D eigenvalue weighted by atomic mass is 19.4. The minimum absolute atomic E-state index is 0.102. The van der Waals surface area contributed by atoms with E-state index in [-0.39, 0.29) is 5.91 Å². The number of nitrogens with zero attached hydrogens (tertiary/aromatic N) is 3. The van der Waals surface area contributed by atoms with Crippen LogP contribution in [0, 0.1) is 0 Å². The number of morpholine rings is 1. The van der Waals surface area contributed by atoms with E-state index in [1.54, 1.807) is 0 Å². The van der Waals surface area contributed by atoms with Crippen LogP contribution in [0.4, 0.5) is 13.2 Å². The molecule has 156 valence electrons. The third-order valence-corrected chi connectivity index (χ3v) is 5.24. The molecule has 0 radical (unpaired) electrons. The predicted octanol–water partition coefficient (Wildman–Crippen LogP) is 1.22. The molecule has 2 fully saturated rings. The molecule has 1 aromatic carbocycles. The lowest BCUT2D eigenvalue weighted by Crippen LogP contribution is -2.52. The van der Waals surface area contributed by atoms with E-state index in [1.165, 1.54) is 12.1 Å². The second-order valence-corrected chi connectivity index (χ2v) is 7.21. The van der Waals surface area contributed by atoms with Gasteiger partial charge in [0.1, 0.15) is 0 Å². The second-order valence-electron chi connectivity index (χ2n) is 7.21. The molecule has 1 atom stereocenters. The molecule has 0 aliphatic carbocycles. The Morgan fingerprint density at radius 2 is 1.61 bits per heavy atom. The maximum atomic E-state index is 12.6. The molecule has 1 unspecified atom stereocenters. The van der Waals surface area contributed by atoms with Crippen LogP contribution in [-0.4, -0.2) is 91.3 Å². The average Bonchev–Trinajstić information content (AvgIpc) is 2.68. The number of alkyl halides is 3. The van der Waals surface area contributed by atoms with Crippen molar-refractivity contribution < 1.29 is 27.8 Å². The molecular weight excluding hydrogens is 375 g/mol. The summed E-state index contributed by atoms with van der Waals surface area (Å²) in [7, 11) is 0. The van der Waals surface area contributed by atoms with Crippen molar-refractivity contribution in [1.29, 1.82) is 0 Å². The van der Waals surface area contributed by atoms with Crippen molar-refractivity contribution in [2.24, 2.45) is 0 Å². The van der Waals surface area contributed by atoms with Crippen LogP contribution in [0.5, 0.6) is 0 Å². The van der Waals surface area contributed by atoms with Crippen LogP contribution in [0.25, 0.3) is 0 Å². The molecule has 2 aliphatic rings. The number of ether oxygens (including phenoxy) is 1. The lowest BCUT2D eigenvalue weighted by atomic mass is 10.1. The number of hydrogen-bond donors (Lipinski definition) is 1. The number of benzene rings is 1. The van der Waals surface area contributed by atoms with Gasteiger partial charge in [-0.3, -0.25) is 14.6 Å². The Kier molecular flexibility index (Phi) is 6.92. The molecule has 3 rings (SSSR count). The average molecular weight is 401 g/mol. The zero-order valence-electron chi connectivity index (χ0n) is 15.7. The molecule has 2 saturated heterocycles. The van der Waals surface area contributed by atoms with Crippen LogP contribution in [0.1, 0.15) is 17.2 Å². The molecule has 2 heterocycles. The summed E-state index contributed by atoms with van der Waals surface area (Å²) in [5.41, 5.74) is -0.269. The molecule has 2 aliphatic heterocycles. The third-order valence-electron chi connectivity index (χ3n) is 5.24. The summed E-state index contributed by atoms with van der Waals surface area (Å²) in [6.45, 7) is 6.02. The molecule has 0 saturated carbocycles. The first-order valence-electron chi connectivity index (χ1n) is 9.48. The fourth-order valence-corrected chi connectivity index (χ4v) is 3.47. The van der Waals surface area contributed by atoms with Crippen molar-refractivity contribution in [3.05, 3.63) is 35.4 Å². The molecule has 0 aromatic heterocycles. The Bertz CT molecular complexity index is 640. The van der Waals surface area contributed by atoms with Crippen LogP contribution in [0.15, 0.2) is 24.3 Å². The van der Waals surface area contributed by atoms with Crippen LogP contribution in [0.3, 0.4) is 0 Å². The molecule has 28 heavy (non-hydrogen) atoms. The van der Waals surface area contributed by atoms with Gasteiger partial charge in [0, 0.05) is 45.8 Å². The molecule has 1 N–H and O–H groups in total. The SMILES string of the molecule is O=C(CN1CCOCC1)N1CCN(CC(O)c2ccc(C(F)(F)F)cc2)CC1. The Morgan fingerprint density at radius 1 is 1.00 bits per heavy atom. The van der Waals surface area contributed by atoms with Gasteiger partial charge in [-0.2, -0.15) is 13.2 Å². The topological polar surface area (TPSA) is 56.2 Å². The van der Waals surface area contributed by atoms with Gasteiger partial charge in [-0.15, -0.1) is 0 Å². The third kappa shape index (κ3) is 5.66. The Hall–Kier alpha value is -1.68. The van der Waals surface area contributed by atoms with Crippen LogP contribution in [0.2, 0.25) is 0 Å². The molecule has 6 nitrogen and oxygen atoms in total. The van der Waals surface area contributed by atoms with E-state index in [2.05, 4.69) is 4.90 Å². The maximum Gasteiger partial charge on any atom is 0.416 e. The van der Waals surface area contributed by atoms with Crippen molar-refractivity contribution >= 4 is 5.91 Å². The predicted molar refractivity (Wildman–Crippen MR) is 96.7 cm³/mol. The quantitative estimate of drug-likeness (QED) is 0.804. The van der Waals surface area contributed by atoms with Crippen molar-refractivity contribution in [2.45, 2.75) is 12.3 Å². The van der Waals surface area contributed by atoms with E-state index in [9.17, 15) is 23.1 Å². The minimum Gasteiger partial charge on any atom is -0.387 e. The highest BCUT2D eigenvalue weighted by molar-refractivity contribution is 5.78. The summed E-state index contributed by atoms with van der Waals surface area (Å²) >= 11 is 0. The fraction of sp³-hybridized carbons (Fsp3) is 0.632. The highest BCUT2D eigenvalue weighted by Crippen LogP contribution is 2.30. The number of rotatable bonds is 5. The lowest BCUT2D eigenvalue weighted by Gasteiger charge is -2.37. The Labute approximate surface area is 162 Å². The fourth-order valence-electron chi connectivity index (χ4n) is 3.47. The molecule has 0 bridgehead atoms. The summed E-state index contributed by atoms with van der Waals surface area (Å²) in [5, 5.41) is 10.3. The van der Waals surface area contributed by atoms with Gasteiger partial charge in [-0.05, 0) is 17.7 Å². The number of β-amino-alcohol motifs (C(OH)–C–C–N with tert-alkyl or cyclic N) is 1. The summed E-state index contributed by atoms with van der Waals surface area (Å²) < 4.78 is 43.2. The number of hydrogen-bond acceptors (Lipinski definition) is 5. The standard InChI is InChI=1S/C19H26F3N3O3/c20-19(21,22)16-3-1-15(2-4-16)17(26)13-23-5-7-25(8-6-23)18(27)14-24-9-11-28-12-10-24/h1-4,17,26H,5-14H2. The summed E-state index contributed by atoms with van der Waals surface area (Å²) in [6.07, 6.45) is -5.24. The first kappa shape index (κ1) is 21.0. The van der Waals surface area contributed by atoms with Crippen molar-refractivity contribution in [1.82, 2.24) is 14.7 Å². The van der Waals surface area contributed by atoms with E-state index in [0.717, 1.165) is 25.2 Å². The minimum atomic E-state index is -4.38. The zero-order chi connectivity index (χ0) is 20.1. The number of aliphatic hydroxyl groups excluding tert-OH is 1. The van der Waals surface area contributed by atoms with Gasteiger partial charge in [0.05, 0.1) is 31.4 Å². The molecule has 1 amide bonds. The first-order chi connectivity index (χ1) is 13.3. The Balaban J connectivity index is 1.44. The maximum absolute atomic E-state index is 12.6. The first-order valence-corrected chi connectivity index (χ1v) is 9.48. The van der Waals surface area contributed by atoms with Crippen LogP contribution >= 0.6 is 0 Å². The van der Waals surface area contributed by atoms with Gasteiger partial charge < -0.3 is 14.7 Å². The monoisotopic (exact) mass is 401 g/mol. The normalized spacial score (nSPS) is 20.9. The molecule has 9 heteroatoms. The smallest absolute Gasteiger partial charge is 0.387 e. The molecule has 0 spiro atoms. The summed E-state index contributed by atoms with van der Waals surface area (Å²) in [6, 6.07) is 4.60. The van der Waals surface area contributed by atoms with E-state index < -0.39 is 17.8 Å². The van der Waals surface area contributed by atoms with E-state index in [4.69, 9.17) is 4.74 Å². The van der Waals surface area contributed by atoms with E-state index >= 15 is 0 Å². The summed E-state index contributed by atoms with van der Waals surface area (Å²) in [4.78, 5) is 18.4.